The van der Waals surface area contributed by atoms with Gasteiger partial charge in [-0.3, -0.25) is 4.90 Å². The van der Waals surface area contributed by atoms with Gasteiger partial charge in [0.1, 0.15) is 17.0 Å². The molecule has 4 rings (SSSR count). The molecule has 0 saturated carbocycles. The Labute approximate surface area is 229 Å². The van der Waals surface area contributed by atoms with Gasteiger partial charge in [-0.25, -0.2) is 19.6 Å². The molecule has 15 heteroatoms. The number of aliphatic carboxylic acids is 2. The minimum Gasteiger partial charge on any atom is -0.475 e. The first kappa shape index (κ1) is 32.8. The zero-order valence-corrected chi connectivity index (χ0v) is 22.6. The number of benzene rings is 1. The Morgan fingerprint density at radius 1 is 0.925 bits per heavy atom. The molecule has 0 aliphatic carbocycles. The molecule has 0 atom stereocenters. The Kier molecular flexibility index (Phi) is 11.3. The highest BCUT2D eigenvalue weighted by Gasteiger charge is 2.38. The number of piperazine rings is 1. The molecular formula is C25H28F6N4O4S. The SMILES string of the molecule is Cc1ccc(-c2csc3ncnc(N4CCN(CC(C)C)CC4)c23)cc1.O=C(O)C(F)(F)F.O=C(O)C(F)(F)F. The second-order valence-corrected chi connectivity index (χ2v) is 10.0. The summed E-state index contributed by atoms with van der Waals surface area (Å²) in [5.41, 5.74) is 3.78. The van der Waals surface area contributed by atoms with Crippen LogP contribution in [0.5, 0.6) is 0 Å². The van der Waals surface area contributed by atoms with Crippen molar-refractivity contribution in [2.75, 3.05) is 37.6 Å². The Morgan fingerprint density at radius 3 is 1.88 bits per heavy atom. The van der Waals surface area contributed by atoms with Crippen LogP contribution in [-0.4, -0.2) is 82.1 Å². The van der Waals surface area contributed by atoms with E-state index in [1.54, 1.807) is 17.7 Å². The molecular weight excluding hydrogens is 566 g/mol. The number of aromatic nitrogens is 2. The highest BCUT2D eigenvalue weighted by molar-refractivity contribution is 7.17. The number of nitrogens with zero attached hydrogens (tertiary/aromatic N) is 4. The molecule has 0 radical (unpaired) electrons. The Bertz CT molecular complexity index is 1250. The van der Waals surface area contributed by atoms with E-state index >= 15 is 0 Å². The zero-order valence-electron chi connectivity index (χ0n) is 21.8. The van der Waals surface area contributed by atoms with Gasteiger partial charge < -0.3 is 15.1 Å². The van der Waals surface area contributed by atoms with Gasteiger partial charge >= 0.3 is 24.3 Å². The number of carbonyl (C=O) groups is 2. The largest absolute Gasteiger partial charge is 0.490 e. The van der Waals surface area contributed by atoms with Gasteiger partial charge in [0.25, 0.3) is 0 Å². The number of hydrogen-bond acceptors (Lipinski definition) is 7. The Morgan fingerprint density at radius 2 is 1.43 bits per heavy atom. The second-order valence-electron chi connectivity index (χ2n) is 9.18. The van der Waals surface area contributed by atoms with Crippen LogP contribution in [0.25, 0.3) is 21.3 Å². The lowest BCUT2D eigenvalue weighted by molar-refractivity contribution is -0.193. The molecule has 1 aromatic carbocycles. The average molecular weight is 595 g/mol. The number of anilines is 1. The van der Waals surface area contributed by atoms with E-state index < -0.39 is 24.3 Å². The number of fused-ring (bicyclic) bond motifs is 1. The summed E-state index contributed by atoms with van der Waals surface area (Å²) in [5, 5.41) is 17.7. The standard InChI is InChI=1S/C21H26N4S.2C2HF3O2/c1-15(2)12-24-8-10-25(11-9-24)20-19-18(13-26-21(19)23-14-22-20)17-6-4-16(3)5-7-17;2*3-2(4,5)1(6)7/h4-7,13-15H,8-12H2,1-3H3;2*(H,6,7). The fraction of sp³-hybridized carbons (Fsp3) is 0.440. The predicted molar refractivity (Wildman–Crippen MR) is 138 cm³/mol. The van der Waals surface area contributed by atoms with E-state index in [-0.39, 0.29) is 0 Å². The van der Waals surface area contributed by atoms with Gasteiger partial charge in [0.05, 0.1) is 5.39 Å². The molecule has 1 aliphatic rings. The summed E-state index contributed by atoms with van der Waals surface area (Å²) in [4.78, 5) is 33.1. The smallest absolute Gasteiger partial charge is 0.475 e. The average Bonchev–Trinajstić information content (AvgIpc) is 3.29. The summed E-state index contributed by atoms with van der Waals surface area (Å²) in [7, 11) is 0. The fourth-order valence-corrected chi connectivity index (χ4v) is 4.61. The van der Waals surface area contributed by atoms with E-state index in [1.807, 2.05) is 0 Å². The first-order chi connectivity index (χ1) is 18.5. The summed E-state index contributed by atoms with van der Waals surface area (Å²) >= 11 is 1.71. The molecule has 0 bridgehead atoms. The summed E-state index contributed by atoms with van der Waals surface area (Å²) in [6, 6.07) is 8.75. The number of aryl methyl sites for hydroxylation is 1. The second kappa shape index (κ2) is 13.7. The van der Waals surface area contributed by atoms with Gasteiger partial charge in [0, 0.05) is 43.7 Å². The van der Waals surface area contributed by atoms with Crippen LogP contribution in [0.4, 0.5) is 32.2 Å². The highest BCUT2D eigenvalue weighted by atomic mass is 32.1. The molecule has 1 aliphatic heterocycles. The monoisotopic (exact) mass is 594 g/mol. The molecule has 2 aromatic heterocycles. The van der Waals surface area contributed by atoms with Crippen molar-refractivity contribution >= 4 is 39.3 Å². The summed E-state index contributed by atoms with van der Waals surface area (Å²) in [6.45, 7) is 12.2. The summed E-state index contributed by atoms with van der Waals surface area (Å²) < 4.78 is 63.5. The Hall–Kier alpha value is -3.46. The van der Waals surface area contributed by atoms with Crippen molar-refractivity contribution < 1.29 is 46.1 Å². The number of thiophene rings is 1. The van der Waals surface area contributed by atoms with Crippen molar-refractivity contribution in [3.05, 3.63) is 41.5 Å². The van der Waals surface area contributed by atoms with Crippen LogP contribution in [-0.2, 0) is 9.59 Å². The zero-order chi connectivity index (χ0) is 30.3. The maximum Gasteiger partial charge on any atom is 0.490 e. The van der Waals surface area contributed by atoms with Crippen LogP contribution in [0.15, 0.2) is 36.0 Å². The number of hydrogen-bond donors (Lipinski definition) is 2. The van der Waals surface area contributed by atoms with Crippen LogP contribution in [0.1, 0.15) is 19.4 Å². The molecule has 1 fully saturated rings. The van der Waals surface area contributed by atoms with Crippen molar-refractivity contribution in [2.45, 2.75) is 33.1 Å². The Balaban J connectivity index is 0.000000333. The number of carboxylic acids is 2. The van der Waals surface area contributed by atoms with E-state index in [1.165, 1.54) is 28.6 Å². The summed E-state index contributed by atoms with van der Waals surface area (Å²) in [6.07, 6.45) is -8.45. The third kappa shape index (κ3) is 9.62. The molecule has 40 heavy (non-hydrogen) atoms. The van der Waals surface area contributed by atoms with E-state index in [9.17, 15) is 26.3 Å². The first-order valence-electron chi connectivity index (χ1n) is 11.9. The molecule has 2 N–H and O–H groups in total. The molecule has 220 valence electrons. The number of alkyl halides is 6. The minimum absolute atomic E-state index is 0.720. The normalized spacial score (nSPS) is 14.3. The number of rotatable bonds is 4. The molecule has 3 heterocycles. The van der Waals surface area contributed by atoms with Crippen LogP contribution in [0.3, 0.4) is 0 Å². The highest BCUT2D eigenvalue weighted by Crippen LogP contribution is 2.38. The van der Waals surface area contributed by atoms with Gasteiger partial charge in [0.15, 0.2) is 0 Å². The van der Waals surface area contributed by atoms with Gasteiger partial charge in [-0.2, -0.15) is 26.3 Å². The molecule has 8 nitrogen and oxygen atoms in total. The third-order valence-corrected chi connectivity index (χ3v) is 6.38. The van der Waals surface area contributed by atoms with Gasteiger partial charge in [0.2, 0.25) is 0 Å². The van der Waals surface area contributed by atoms with Crippen molar-refractivity contribution in [3.63, 3.8) is 0 Å². The van der Waals surface area contributed by atoms with E-state index in [0.29, 0.717) is 0 Å². The first-order valence-corrected chi connectivity index (χ1v) is 12.8. The van der Waals surface area contributed by atoms with E-state index in [0.717, 1.165) is 42.7 Å². The molecule has 0 unspecified atom stereocenters. The lowest BCUT2D eigenvalue weighted by Gasteiger charge is -2.36. The van der Waals surface area contributed by atoms with Crippen molar-refractivity contribution in [1.82, 2.24) is 14.9 Å². The molecule has 3 aromatic rings. The van der Waals surface area contributed by atoms with E-state index in [2.05, 4.69) is 65.2 Å². The van der Waals surface area contributed by atoms with Gasteiger partial charge in [-0.05, 0) is 18.4 Å². The topological polar surface area (TPSA) is 107 Å². The van der Waals surface area contributed by atoms with Crippen LogP contribution >= 0.6 is 11.3 Å². The van der Waals surface area contributed by atoms with Gasteiger partial charge in [-0.15, -0.1) is 11.3 Å². The van der Waals surface area contributed by atoms with Crippen molar-refractivity contribution in [3.8, 4) is 11.1 Å². The molecule has 0 spiro atoms. The number of carboxylic acid groups (broad SMARTS) is 2. The quantitative estimate of drug-likeness (QED) is 0.370. The lowest BCUT2D eigenvalue weighted by atomic mass is 10.0. The van der Waals surface area contributed by atoms with Gasteiger partial charge in [-0.1, -0.05) is 43.7 Å². The predicted octanol–water partition coefficient (Wildman–Crippen LogP) is 5.71. The lowest BCUT2D eigenvalue weighted by Crippen LogP contribution is -2.47. The maximum absolute atomic E-state index is 10.6. The fourth-order valence-electron chi connectivity index (χ4n) is 3.70. The molecule has 1 saturated heterocycles. The summed E-state index contributed by atoms with van der Waals surface area (Å²) in [5.74, 6) is -3.70. The molecule has 0 amide bonds. The van der Waals surface area contributed by atoms with Crippen molar-refractivity contribution in [1.29, 1.82) is 0 Å². The van der Waals surface area contributed by atoms with Crippen LogP contribution in [0.2, 0.25) is 0 Å². The van der Waals surface area contributed by atoms with Crippen LogP contribution in [0, 0.1) is 12.8 Å². The minimum atomic E-state index is -5.08. The third-order valence-electron chi connectivity index (χ3n) is 5.49. The van der Waals surface area contributed by atoms with E-state index in [4.69, 9.17) is 24.8 Å². The van der Waals surface area contributed by atoms with Crippen molar-refractivity contribution in [2.24, 2.45) is 5.92 Å². The maximum atomic E-state index is 10.6. The number of halogens is 6. The van der Waals surface area contributed by atoms with Crippen LogP contribution < -0.4 is 4.90 Å².